The third-order valence-corrected chi connectivity index (χ3v) is 4.77. The SMILES string of the molecule is CN(Cc1ccc2c(c1)OCCO2)C(=O)c1ccc(Br)s1. The molecule has 21 heavy (non-hydrogen) atoms. The van der Waals surface area contributed by atoms with Crippen LogP contribution in [0, 0.1) is 0 Å². The lowest BCUT2D eigenvalue weighted by molar-refractivity contribution is 0.0789. The first-order valence-corrected chi connectivity index (χ1v) is 8.14. The molecule has 0 atom stereocenters. The molecule has 0 saturated carbocycles. The third kappa shape index (κ3) is 3.22. The fourth-order valence-electron chi connectivity index (χ4n) is 2.15. The van der Waals surface area contributed by atoms with Gasteiger partial charge in [-0.15, -0.1) is 11.3 Å². The van der Waals surface area contributed by atoms with E-state index >= 15 is 0 Å². The van der Waals surface area contributed by atoms with E-state index in [2.05, 4.69) is 15.9 Å². The Morgan fingerprint density at radius 2 is 2.00 bits per heavy atom. The van der Waals surface area contributed by atoms with Gasteiger partial charge in [0.15, 0.2) is 11.5 Å². The van der Waals surface area contributed by atoms with E-state index in [0.29, 0.717) is 19.8 Å². The number of thiophene rings is 1. The number of benzene rings is 1. The van der Waals surface area contributed by atoms with Gasteiger partial charge < -0.3 is 14.4 Å². The number of rotatable bonds is 3. The molecule has 4 nitrogen and oxygen atoms in total. The Hall–Kier alpha value is -1.53. The number of halogens is 1. The Labute approximate surface area is 135 Å². The Morgan fingerprint density at radius 1 is 1.24 bits per heavy atom. The molecule has 0 N–H and O–H groups in total. The van der Waals surface area contributed by atoms with Crippen molar-refractivity contribution in [3.8, 4) is 11.5 Å². The number of fused-ring (bicyclic) bond motifs is 1. The first-order valence-electron chi connectivity index (χ1n) is 6.53. The van der Waals surface area contributed by atoms with Gasteiger partial charge in [0, 0.05) is 13.6 Å². The minimum atomic E-state index is 0.0144. The maximum absolute atomic E-state index is 12.3. The average Bonchev–Trinajstić information content (AvgIpc) is 2.93. The second kappa shape index (κ2) is 6.07. The second-order valence-electron chi connectivity index (χ2n) is 4.74. The molecule has 6 heteroatoms. The Morgan fingerprint density at radius 3 is 2.71 bits per heavy atom. The van der Waals surface area contributed by atoms with Crippen LogP contribution in [0.3, 0.4) is 0 Å². The van der Waals surface area contributed by atoms with Crippen LogP contribution in [-0.2, 0) is 6.54 Å². The molecule has 1 aliphatic rings. The number of ether oxygens (including phenoxy) is 2. The van der Waals surface area contributed by atoms with Gasteiger partial charge in [0.05, 0.1) is 8.66 Å². The number of nitrogens with zero attached hydrogens (tertiary/aromatic N) is 1. The first kappa shape index (κ1) is 14.4. The van der Waals surface area contributed by atoms with Crippen LogP contribution < -0.4 is 9.47 Å². The smallest absolute Gasteiger partial charge is 0.264 e. The highest BCUT2D eigenvalue weighted by Gasteiger charge is 2.16. The van der Waals surface area contributed by atoms with Crippen LogP contribution in [0.25, 0.3) is 0 Å². The lowest BCUT2D eigenvalue weighted by atomic mass is 10.2. The normalized spacial score (nSPS) is 13.0. The molecule has 1 aliphatic heterocycles. The summed E-state index contributed by atoms with van der Waals surface area (Å²) < 4.78 is 12.0. The molecule has 0 bridgehead atoms. The van der Waals surface area contributed by atoms with Gasteiger partial charge in [-0.3, -0.25) is 4.79 Å². The number of carbonyl (C=O) groups is 1. The molecule has 2 heterocycles. The van der Waals surface area contributed by atoms with Crippen LogP contribution in [0.1, 0.15) is 15.2 Å². The highest BCUT2D eigenvalue weighted by molar-refractivity contribution is 9.11. The molecule has 0 radical (unpaired) electrons. The van der Waals surface area contributed by atoms with E-state index in [-0.39, 0.29) is 5.91 Å². The Balaban J connectivity index is 1.72. The van der Waals surface area contributed by atoms with Gasteiger partial charge in [0.1, 0.15) is 13.2 Å². The Kier molecular flexibility index (Phi) is 4.17. The maximum Gasteiger partial charge on any atom is 0.264 e. The highest BCUT2D eigenvalue weighted by Crippen LogP contribution is 2.31. The molecule has 0 fully saturated rings. The fourth-order valence-corrected chi connectivity index (χ4v) is 3.53. The summed E-state index contributed by atoms with van der Waals surface area (Å²) in [5.41, 5.74) is 1.02. The summed E-state index contributed by atoms with van der Waals surface area (Å²) in [6.07, 6.45) is 0. The van der Waals surface area contributed by atoms with Crippen LogP contribution in [0.2, 0.25) is 0 Å². The topological polar surface area (TPSA) is 38.8 Å². The molecule has 1 amide bonds. The van der Waals surface area contributed by atoms with Crippen LogP contribution in [0.5, 0.6) is 11.5 Å². The summed E-state index contributed by atoms with van der Waals surface area (Å²) in [5, 5.41) is 0. The molecule has 3 rings (SSSR count). The van der Waals surface area contributed by atoms with E-state index in [1.165, 1.54) is 11.3 Å². The number of hydrogen-bond donors (Lipinski definition) is 0. The molecule has 2 aromatic rings. The molecule has 0 spiro atoms. The fraction of sp³-hybridized carbons (Fsp3) is 0.267. The van der Waals surface area contributed by atoms with Crippen molar-refractivity contribution >= 4 is 33.2 Å². The quantitative estimate of drug-likeness (QED) is 0.832. The summed E-state index contributed by atoms with van der Waals surface area (Å²) in [6.45, 7) is 1.68. The summed E-state index contributed by atoms with van der Waals surface area (Å²) in [6, 6.07) is 9.50. The summed E-state index contributed by atoms with van der Waals surface area (Å²) >= 11 is 4.81. The van der Waals surface area contributed by atoms with Crippen molar-refractivity contribution in [2.45, 2.75) is 6.54 Å². The van der Waals surface area contributed by atoms with Crippen molar-refractivity contribution < 1.29 is 14.3 Å². The van der Waals surface area contributed by atoms with Crippen molar-refractivity contribution in [3.05, 3.63) is 44.6 Å². The second-order valence-corrected chi connectivity index (χ2v) is 7.21. The van der Waals surface area contributed by atoms with Gasteiger partial charge in [-0.1, -0.05) is 6.07 Å². The van der Waals surface area contributed by atoms with E-state index in [0.717, 1.165) is 25.7 Å². The monoisotopic (exact) mass is 367 g/mol. The molecular weight excluding hydrogens is 354 g/mol. The van der Waals surface area contributed by atoms with Crippen LogP contribution in [0.4, 0.5) is 0 Å². The van der Waals surface area contributed by atoms with Crippen LogP contribution in [0.15, 0.2) is 34.1 Å². The van der Waals surface area contributed by atoms with Crippen molar-refractivity contribution in [3.63, 3.8) is 0 Å². The van der Waals surface area contributed by atoms with E-state index in [1.54, 1.807) is 11.9 Å². The minimum absolute atomic E-state index is 0.0144. The highest BCUT2D eigenvalue weighted by atomic mass is 79.9. The molecule has 1 aromatic carbocycles. The number of hydrogen-bond acceptors (Lipinski definition) is 4. The summed E-state index contributed by atoms with van der Waals surface area (Å²) in [4.78, 5) is 14.7. The number of carbonyl (C=O) groups excluding carboxylic acids is 1. The number of amides is 1. The largest absolute Gasteiger partial charge is 0.486 e. The van der Waals surface area contributed by atoms with Gasteiger partial charge >= 0.3 is 0 Å². The van der Waals surface area contributed by atoms with Gasteiger partial charge in [0.2, 0.25) is 0 Å². The lowest BCUT2D eigenvalue weighted by Crippen LogP contribution is -2.25. The van der Waals surface area contributed by atoms with Gasteiger partial charge in [-0.25, -0.2) is 0 Å². The van der Waals surface area contributed by atoms with Gasteiger partial charge in [-0.05, 0) is 45.8 Å². The molecular formula is C15H14BrNO3S. The van der Waals surface area contributed by atoms with Gasteiger partial charge in [-0.2, -0.15) is 0 Å². The maximum atomic E-state index is 12.3. The van der Waals surface area contributed by atoms with E-state index < -0.39 is 0 Å². The molecule has 1 aromatic heterocycles. The van der Waals surface area contributed by atoms with Crippen molar-refractivity contribution in [1.29, 1.82) is 0 Å². The zero-order valence-corrected chi connectivity index (χ0v) is 13.9. The van der Waals surface area contributed by atoms with Gasteiger partial charge in [0.25, 0.3) is 5.91 Å². The molecule has 0 unspecified atom stereocenters. The Bertz CT molecular complexity index is 671. The van der Waals surface area contributed by atoms with Crippen molar-refractivity contribution in [1.82, 2.24) is 4.90 Å². The third-order valence-electron chi connectivity index (χ3n) is 3.16. The van der Waals surface area contributed by atoms with Crippen LogP contribution >= 0.6 is 27.3 Å². The average molecular weight is 368 g/mol. The predicted octanol–water partition coefficient (Wildman–Crippen LogP) is 3.55. The van der Waals surface area contributed by atoms with Crippen molar-refractivity contribution in [2.24, 2.45) is 0 Å². The molecule has 110 valence electrons. The van der Waals surface area contributed by atoms with Crippen LogP contribution in [-0.4, -0.2) is 31.1 Å². The predicted molar refractivity (Wildman–Crippen MR) is 85.2 cm³/mol. The zero-order valence-electron chi connectivity index (χ0n) is 11.5. The first-order chi connectivity index (χ1) is 10.1. The summed E-state index contributed by atoms with van der Waals surface area (Å²) in [7, 11) is 1.80. The van der Waals surface area contributed by atoms with E-state index in [9.17, 15) is 4.79 Å². The molecule has 0 aliphatic carbocycles. The molecule has 0 saturated heterocycles. The standard InChI is InChI=1S/C15H14BrNO3S/c1-17(15(18)13-4-5-14(16)21-13)9-10-2-3-11-12(8-10)20-7-6-19-11/h2-5,8H,6-7,9H2,1H3. The minimum Gasteiger partial charge on any atom is -0.486 e. The zero-order chi connectivity index (χ0) is 14.8. The lowest BCUT2D eigenvalue weighted by Gasteiger charge is -2.21. The summed E-state index contributed by atoms with van der Waals surface area (Å²) in [5.74, 6) is 1.53. The van der Waals surface area contributed by atoms with E-state index in [4.69, 9.17) is 9.47 Å². The van der Waals surface area contributed by atoms with Crippen molar-refractivity contribution in [2.75, 3.05) is 20.3 Å². The van der Waals surface area contributed by atoms with E-state index in [1.807, 2.05) is 30.3 Å².